The van der Waals surface area contributed by atoms with Crippen LogP contribution in [0.2, 0.25) is 0 Å². The third-order valence-electron chi connectivity index (χ3n) is 2.24. The summed E-state index contributed by atoms with van der Waals surface area (Å²) in [5.41, 5.74) is -0.308. The molecule has 0 fully saturated rings. The van der Waals surface area contributed by atoms with Crippen molar-refractivity contribution in [1.82, 2.24) is 14.8 Å². The van der Waals surface area contributed by atoms with Crippen LogP contribution in [0.4, 0.5) is 5.82 Å². The van der Waals surface area contributed by atoms with E-state index in [4.69, 9.17) is 5.11 Å². The van der Waals surface area contributed by atoms with Crippen LogP contribution in [0, 0.1) is 0 Å². The highest BCUT2D eigenvalue weighted by Crippen LogP contribution is 2.13. The third kappa shape index (κ3) is 2.97. The van der Waals surface area contributed by atoms with Gasteiger partial charge in [0.25, 0.3) is 5.91 Å². The molecule has 0 atom stereocenters. The Morgan fingerprint density at radius 3 is 2.74 bits per heavy atom. The van der Waals surface area contributed by atoms with E-state index in [0.29, 0.717) is 5.82 Å². The fraction of sp³-hybridized carbons (Fsp3) is 0.0909. The average molecular weight is 325 g/mol. The summed E-state index contributed by atoms with van der Waals surface area (Å²) in [7, 11) is 1.54. The number of halogens is 1. The molecule has 7 nitrogen and oxygen atoms in total. The van der Waals surface area contributed by atoms with Crippen molar-refractivity contribution >= 4 is 33.6 Å². The van der Waals surface area contributed by atoms with Gasteiger partial charge in [-0.3, -0.25) is 9.48 Å². The molecule has 2 rings (SSSR count). The monoisotopic (exact) mass is 324 g/mol. The van der Waals surface area contributed by atoms with E-state index in [0.717, 1.165) is 4.47 Å². The van der Waals surface area contributed by atoms with Gasteiger partial charge in [-0.15, -0.1) is 0 Å². The summed E-state index contributed by atoms with van der Waals surface area (Å²) < 4.78 is 2.04. The number of nitrogens with one attached hydrogen (secondary N) is 1. The number of pyridine rings is 1. The topological polar surface area (TPSA) is 97.1 Å². The zero-order valence-electron chi connectivity index (χ0n) is 9.79. The summed E-state index contributed by atoms with van der Waals surface area (Å²) in [6, 6.07) is 3.30. The van der Waals surface area contributed by atoms with Gasteiger partial charge in [0.05, 0.1) is 0 Å². The Kier molecular flexibility index (Phi) is 3.61. The van der Waals surface area contributed by atoms with Gasteiger partial charge in [0.2, 0.25) is 0 Å². The Bertz CT molecular complexity index is 636. The first-order valence-corrected chi connectivity index (χ1v) is 5.96. The largest absolute Gasteiger partial charge is 0.478 e. The fourth-order valence-corrected chi connectivity index (χ4v) is 1.67. The van der Waals surface area contributed by atoms with Crippen LogP contribution < -0.4 is 5.32 Å². The van der Waals surface area contributed by atoms with Crippen molar-refractivity contribution in [3.8, 4) is 0 Å². The number of amides is 1. The Hall–Kier alpha value is -2.22. The maximum absolute atomic E-state index is 11.9. The lowest BCUT2D eigenvalue weighted by atomic mass is 10.2. The third-order valence-corrected chi connectivity index (χ3v) is 2.71. The summed E-state index contributed by atoms with van der Waals surface area (Å²) in [5, 5.41) is 15.3. The lowest BCUT2D eigenvalue weighted by Crippen LogP contribution is -2.17. The first kappa shape index (κ1) is 13.2. The van der Waals surface area contributed by atoms with Gasteiger partial charge in [-0.1, -0.05) is 0 Å². The van der Waals surface area contributed by atoms with Crippen molar-refractivity contribution in [3.63, 3.8) is 0 Å². The van der Waals surface area contributed by atoms with Crippen LogP contribution in [0.15, 0.2) is 29.0 Å². The Morgan fingerprint density at radius 2 is 2.16 bits per heavy atom. The number of carbonyl (C=O) groups is 2. The van der Waals surface area contributed by atoms with Gasteiger partial charge in [0.1, 0.15) is 11.4 Å². The number of hydrogen-bond donors (Lipinski definition) is 2. The van der Waals surface area contributed by atoms with Crippen molar-refractivity contribution in [3.05, 3.63) is 40.3 Å². The van der Waals surface area contributed by atoms with Gasteiger partial charge < -0.3 is 10.4 Å². The second-order valence-electron chi connectivity index (χ2n) is 3.69. The second kappa shape index (κ2) is 5.19. The van der Waals surface area contributed by atoms with Gasteiger partial charge in [-0.2, -0.15) is 5.10 Å². The summed E-state index contributed by atoms with van der Waals surface area (Å²) in [4.78, 5) is 26.9. The van der Waals surface area contributed by atoms with Crippen molar-refractivity contribution in [2.75, 3.05) is 5.32 Å². The molecule has 19 heavy (non-hydrogen) atoms. The summed E-state index contributed by atoms with van der Waals surface area (Å²) in [6.45, 7) is 0. The minimum Gasteiger partial charge on any atom is -0.478 e. The molecule has 0 aliphatic rings. The molecule has 0 saturated heterocycles. The molecule has 0 aliphatic heterocycles. The SMILES string of the molecule is Cn1cc(C(=O)O)c(C(=O)Nc2ccc(Br)cn2)n1. The van der Waals surface area contributed by atoms with Crippen LogP contribution in [0.5, 0.6) is 0 Å². The quantitative estimate of drug-likeness (QED) is 0.892. The molecule has 2 N–H and O–H groups in total. The predicted molar refractivity (Wildman–Crippen MR) is 70.1 cm³/mol. The Morgan fingerprint density at radius 1 is 1.42 bits per heavy atom. The molecule has 0 bridgehead atoms. The maximum atomic E-state index is 11.9. The van der Waals surface area contributed by atoms with E-state index in [1.165, 1.54) is 17.1 Å². The summed E-state index contributed by atoms with van der Waals surface area (Å²) >= 11 is 3.22. The van der Waals surface area contributed by atoms with Gasteiger partial charge >= 0.3 is 5.97 Å². The lowest BCUT2D eigenvalue weighted by molar-refractivity contribution is 0.0692. The van der Waals surface area contributed by atoms with Crippen LogP contribution in [0.1, 0.15) is 20.8 Å². The van der Waals surface area contributed by atoms with E-state index in [2.05, 4.69) is 31.3 Å². The number of aromatic nitrogens is 3. The highest BCUT2D eigenvalue weighted by Gasteiger charge is 2.21. The molecule has 0 spiro atoms. The van der Waals surface area contributed by atoms with E-state index >= 15 is 0 Å². The second-order valence-corrected chi connectivity index (χ2v) is 4.60. The maximum Gasteiger partial charge on any atom is 0.339 e. The smallest absolute Gasteiger partial charge is 0.339 e. The highest BCUT2D eigenvalue weighted by molar-refractivity contribution is 9.10. The number of aryl methyl sites for hydroxylation is 1. The van der Waals surface area contributed by atoms with Gasteiger partial charge in [0.15, 0.2) is 5.69 Å². The van der Waals surface area contributed by atoms with E-state index < -0.39 is 11.9 Å². The van der Waals surface area contributed by atoms with Crippen LogP contribution in [-0.4, -0.2) is 31.7 Å². The molecule has 1 amide bonds. The molecule has 2 aromatic heterocycles. The van der Waals surface area contributed by atoms with Gasteiger partial charge in [-0.05, 0) is 28.1 Å². The minimum absolute atomic E-state index is 0.153. The number of carboxylic acid groups (broad SMARTS) is 1. The number of anilines is 1. The number of hydrogen-bond acceptors (Lipinski definition) is 4. The molecule has 2 aromatic rings. The number of carbonyl (C=O) groups excluding carboxylic acids is 1. The predicted octanol–water partition coefficient (Wildman–Crippen LogP) is 1.53. The molecule has 0 aliphatic carbocycles. The average Bonchev–Trinajstić information content (AvgIpc) is 2.74. The zero-order chi connectivity index (χ0) is 14.0. The zero-order valence-corrected chi connectivity index (χ0v) is 11.4. The lowest BCUT2D eigenvalue weighted by Gasteiger charge is -2.02. The standard InChI is InChI=1S/C11H9BrN4O3/c1-16-5-7(11(18)19)9(15-16)10(17)14-8-3-2-6(12)4-13-8/h2-5H,1H3,(H,18,19)(H,13,14,17). The number of rotatable bonds is 3. The van der Waals surface area contributed by atoms with E-state index in [1.54, 1.807) is 19.2 Å². The van der Waals surface area contributed by atoms with Gasteiger partial charge in [-0.25, -0.2) is 9.78 Å². The molecular formula is C11H9BrN4O3. The highest BCUT2D eigenvalue weighted by atomic mass is 79.9. The molecule has 98 valence electrons. The molecule has 0 aromatic carbocycles. The van der Waals surface area contributed by atoms with Crippen LogP contribution in [0.25, 0.3) is 0 Å². The number of carboxylic acids is 1. The van der Waals surface area contributed by atoms with E-state index in [-0.39, 0.29) is 11.3 Å². The van der Waals surface area contributed by atoms with Crippen LogP contribution >= 0.6 is 15.9 Å². The minimum atomic E-state index is -1.21. The summed E-state index contributed by atoms with van der Waals surface area (Å²) in [5.74, 6) is -1.51. The van der Waals surface area contributed by atoms with Crippen molar-refractivity contribution in [1.29, 1.82) is 0 Å². The molecular weight excluding hydrogens is 316 g/mol. The first-order valence-electron chi connectivity index (χ1n) is 5.17. The molecule has 2 heterocycles. The van der Waals surface area contributed by atoms with Crippen LogP contribution in [-0.2, 0) is 7.05 Å². The Labute approximate surface area is 116 Å². The molecule has 8 heteroatoms. The van der Waals surface area contributed by atoms with Gasteiger partial charge in [0, 0.05) is 23.9 Å². The van der Waals surface area contributed by atoms with Crippen molar-refractivity contribution in [2.45, 2.75) is 0 Å². The fourth-order valence-electron chi connectivity index (χ4n) is 1.44. The van der Waals surface area contributed by atoms with E-state index in [1.807, 2.05) is 0 Å². The molecule has 0 saturated carbocycles. The normalized spacial score (nSPS) is 10.2. The van der Waals surface area contributed by atoms with E-state index in [9.17, 15) is 9.59 Å². The van der Waals surface area contributed by atoms with Crippen LogP contribution in [0.3, 0.4) is 0 Å². The number of aromatic carboxylic acids is 1. The molecule has 0 radical (unpaired) electrons. The Balaban J connectivity index is 2.25. The first-order chi connectivity index (χ1) is 8.97. The molecule has 0 unspecified atom stereocenters. The van der Waals surface area contributed by atoms with Crippen molar-refractivity contribution < 1.29 is 14.7 Å². The van der Waals surface area contributed by atoms with Crippen molar-refractivity contribution in [2.24, 2.45) is 7.05 Å². The summed E-state index contributed by atoms with van der Waals surface area (Å²) in [6.07, 6.45) is 2.79. The number of nitrogens with zero attached hydrogens (tertiary/aromatic N) is 3.